The Morgan fingerprint density at radius 2 is 1.97 bits per heavy atom. The lowest BCUT2D eigenvalue weighted by Crippen LogP contribution is -2.55. The van der Waals surface area contributed by atoms with Gasteiger partial charge in [-0.2, -0.15) is 0 Å². The van der Waals surface area contributed by atoms with Gasteiger partial charge in [-0.1, -0.05) is 44.2 Å². The molecule has 0 radical (unpaired) electrons. The van der Waals surface area contributed by atoms with Gasteiger partial charge in [0.25, 0.3) is 5.91 Å². The predicted octanol–water partition coefficient (Wildman–Crippen LogP) is 2.11. The maximum absolute atomic E-state index is 12.8. The Morgan fingerprint density at radius 3 is 2.67 bits per heavy atom. The molecule has 1 aromatic heterocycles. The first kappa shape index (κ1) is 20.6. The van der Waals surface area contributed by atoms with Crippen LogP contribution in [0.3, 0.4) is 0 Å². The fourth-order valence-electron chi connectivity index (χ4n) is 4.29. The first-order valence-electron chi connectivity index (χ1n) is 10.8. The van der Waals surface area contributed by atoms with Crippen molar-refractivity contribution in [2.45, 2.75) is 51.4 Å². The Morgan fingerprint density at radius 1 is 1.23 bits per heavy atom. The number of amides is 2. The zero-order valence-corrected chi connectivity index (χ0v) is 17.7. The number of carbonyl (C=O) groups is 2. The molecule has 1 aromatic carbocycles. The minimum atomic E-state index is -0.620. The topological polar surface area (TPSA) is 76.5 Å². The number of ether oxygens (including phenoxy) is 1. The molecule has 1 N–H and O–H groups in total. The standard InChI is InChI=1S/C23H30N4O3/c1-17(2)15-25-21(29)19-16-27-13-10-24-22(27)23(30-19)8-11-26(12-9-23)20(28)14-18-6-4-3-5-7-18/h3-7,10,13,17,19H,8-9,11-12,14-16H2,1-2H3,(H,25,29)/t19-/m0/s1. The molecule has 7 heteroatoms. The third-order valence-electron chi connectivity index (χ3n) is 5.95. The molecular formula is C23H30N4O3. The van der Waals surface area contributed by atoms with Crippen LogP contribution in [0.2, 0.25) is 0 Å². The van der Waals surface area contributed by atoms with E-state index in [9.17, 15) is 9.59 Å². The van der Waals surface area contributed by atoms with E-state index < -0.39 is 11.7 Å². The summed E-state index contributed by atoms with van der Waals surface area (Å²) in [4.78, 5) is 31.9. The Balaban J connectivity index is 1.44. The molecule has 3 heterocycles. The molecule has 7 nitrogen and oxygen atoms in total. The molecule has 2 amide bonds. The van der Waals surface area contributed by atoms with Crippen molar-refractivity contribution in [2.75, 3.05) is 19.6 Å². The fourth-order valence-corrected chi connectivity index (χ4v) is 4.29. The molecule has 4 rings (SSSR count). The van der Waals surface area contributed by atoms with Gasteiger partial charge in [0.2, 0.25) is 5.91 Å². The SMILES string of the molecule is CC(C)CNC(=O)[C@@H]1Cn2ccnc2C2(CCN(C(=O)Cc3ccccc3)CC2)O1. The summed E-state index contributed by atoms with van der Waals surface area (Å²) >= 11 is 0. The van der Waals surface area contributed by atoms with Gasteiger partial charge in [0, 0.05) is 44.9 Å². The normalized spacial score (nSPS) is 20.2. The van der Waals surface area contributed by atoms with Gasteiger partial charge in [-0.05, 0) is 11.5 Å². The number of nitrogens with zero attached hydrogens (tertiary/aromatic N) is 3. The van der Waals surface area contributed by atoms with Crippen molar-refractivity contribution < 1.29 is 14.3 Å². The second kappa shape index (κ2) is 8.60. The maximum atomic E-state index is 12.8. The van der Waals surface area contributed by atoms with E-state index in [1.54, 1.807) is 6.20 Å². The van der Waals surface area contributed by atoms with Gasteiger partial charge in [-0.25, -0.2) is 4.98 Å². The van der Waals surface area contributed by atoms with Crippen LogP contribution in [-0.4, -0.2) is 52.0 Å². The van der Waals surface area contributed by atoms with Crippen molar-refractivity contribution in [1.29, 1.82) is 0 Å². The van der Waals surface area contributed by atoms with Crippen molar-refractivity contribution in [3.63, 3.8) is 0 Å². The fraction of sp³-hybridized carbons (Fsp3) is 0.522. The molecule has 0 bridgehead atoms. The highest BCUT2D eigenvalue weighted by Gasteiger charge is 2.47. The molecule has 0 unspecified atom stereocenters. The van der Waals surface area contributed by atoms with Crippen molar-refractivity contribution in [3.8, 4) is 0 Å². The summed E-state index contributed by atoms with van der Waals surface area (Å²) in [5.74, 6) is 1.30. The number of rotatable bonds is 5. The van der Waals surface area contributed by atoms with E-state index in [4.69, 9.17) is 4.74 Å². The molecular weight excluding hydrogens is 380 g/mol. The Labute approximate surface area is 177 Å². The van der Waals surface area contributed by atoms with Crippen LogP contribution in [0.4, 0.5) is 0 Å². The average molecular weight is 411 g/mol. The van der Waals surface area contributed by atoms with Crippen LogP contribution in [0, 0.1) is 5.92 Å². The van der Waals surface area contributed by atoms with Crippen LogP contribution in [0.5, 0.6) is 0 Å². The quantitative estimate of drug-likeness (QED) is 0.819. The zero-order chi connectivity index (χ0) is 21.1. The molecule has 1 saturated heterocycles. The van der Waals surface area contributed by atoms with Gasteiger partial charge in [-0.3, -0.25) is 9.59 Å². The summed E-state index contributed by atoms with van der Waals surface area (Å²) in [6, 6.07) is 9.81. The van der Waals surface area contributed by atoms with E-state index in [0.717, 1.165) is 11.4 Å². The summed E-state index contributed by atoms with van der Waals surface area (Å²) in [7, 11) is 0. The molecule has 30 heavy (non-hydrogen) atoms. The molecule has 2 aliphatic heterocycles. The Hall–Kier alpha value is -2.67. The first-order chi connectivity index (χ1) is 14.5. The second-order valence-corrected chi connectivity index (χ2v) is 8.69. The lowest BCUT2D eigenvalue weighted by molar-refractivity contribution is -0.175. The number of fused-ring (bicyclic) bond motifs is 2. The van der Waals surface area contributed by atoms with Crippen LogP contribution in [0.25, 0.3) is 0 Å². The third kappa shape index (κ3) is 4.26. The van der Waals surface area contributed by atoms with Crippen LogP contribution in [0.15, 0.2) is 42.7 Å². The predicted molar refractivity (Wildman–Crippen MR) is 113 cm³/mol. The highest BCUT2D eigenvalue weighted by Crippen LogP contribution is 2.40. The number of imidazole rings is 1. The third-order valence-corrected chi connectivity index (χ3v) is 5.95. The van der Waals surface area contributed by atoms with E-state index in [-0.39, 0.29) is 11.8 Å². The number of nitrogens with one attached hydrogen (secondary N) is 1. The lowest BCUT2D eigenvalue weighted by Gasteiger charge is -2.45. The van der Waals surface area contributed by atoms with Crippen LogP contribution in [0.1, 0.15) is 38.1 Å². The lowest BCUT2D eigenvalue weighted by atomic mass is 9.88. The van der Waals surface area contributed by atoms with Crippen LogP contribution >= 0.6 is 0 Å². The number of carbonyl (C=O) groups excluding carboxylic acids is 2. The summed E-state index contributed by atoms with van der Waals surface area (Å²) in [5, 5.41) is 2.99. The molecule has 1 atom stereocenters. The average Bonchev–Trinajstić information content (AvgIpc) is 3.23. The van der Waals surface area contributed by atoms with Gasteiger partial charge >= 0.3 is 0 Å². The highest BCUT2D eigenvalue weighted by molar-refractivity contribution is 5.81. The van der Waals surface area contributed by atoms with E-state index >= 15 is 0 Å². The van der Waals surface area contributed by atoms with E-state index in [0.29, 0.717) is 51.4 Å². The van der Waals surface area contributed by atoms with Gasteiger partial charge in [0.15, 0.2) is 6.10 Å². The largest absolute Gasteiger partial charge is 0.354 e. The van der Waals surface area contributed by atoms with Gasteiger partial charge in [0.05, 0.1) is 13.0 Å². The Bertz CT molecular complexity index is 885. The first-order valence-corrected chi connectivity index (χ1v) is 10.8. The molecule has 160 valence electrons. The van der Waals surface area contributed by atoms with Crippen LogP contribution in [-0.2, 0) is 32.9 Å². The second-order valence-electron chi connectivity index (χ2n) is 8.69. The molecule has 2 aliphatic rings. The summed E-state index contributed by atoms with van der Waals surface area (Å²) in [6.07, 6.45) is 4.81. The number of hydrogen-bond donors (Lipinski definition) is 1. The minimum Gasteiger partial charge on any atom is -0.354 e. The Kier molecular flexibility index (Phi) is 5.90. The minimum absolute atomic E-state index is 0.0787. The van der Waals surface area contributed by atoms with Crippen LogP contribution < -0.4 is 5.32 Å². The zero-order valence-electron chi connectivity index (χ0n) is 17.7. The number of hydrogen-bond acceptors (Lipinski definition) is 4. The van der Waals surface area contributed by atoms with E-state index in [1.165, 1.54) is 0 Å². The van der Waals surface area contributed by atoms with E-state index in [2.05, 4.69) is 24.1 Å². The monoisotopic (exact) mass is 410 g/mol. The smallest absolute Gasteiger partial charge is 0.251 e. The number of likely N-dealkylation sites (tertiary alicyclic amines) is 1. The van der Waals surface area contributed by atoms with Gasteiger partial charge in [-0.15, -0.1) is 0 Å². The van der Waals surface area contributed by atoms with Crippen molar-refractivity contribution in [1.82, 2.24) is 19.8 Å². The van der Waals surface area contributed by atoms with E-state index in [1.807, 2.05) is 46.0 Å². The van der Waals surface area contributed by atoms with Crippen molar-refractivity contribution >= 4 is 11.8 Å². The number of aromatic nitrogens is 2. The van der Waals surface area contributed by atoms with Crippen molar-refractivity contribution in [2.24, 2.45) is 5.92 Å². The summed E-state index contributed by atoms with van der Waals surface area (Å²) in [5.41, 5.74) is 0.402. The molecule has 1 fully saturated rings. The van der Waals surface area contributed by atoms with Crippen molar-refractivity contribution in [3.05, 3.63) is 54.1 Å². The van der Waals surface area contributed by atoms with Gasteiger partial charge in [0.1, 0.15) is 11.4 Å². The molecule has 0 saturated carbocycles. The molecule has 0 aliphatic carbocycles. The molecule has 1 spiro atoms. The highest BCUT2D eigenvalue weighted by atomic mass is 16.5. The maximum Gasteiger partial charge on any atom is 0.251 e. The van der Waals surface area contributed by atoms with Gasteiger partial charge < -0.3 is 19.5 Å². The number of benzene rings is 1. The summed E-state index contributed by atoms with van der Waals surface area (Å²) in [6.45, 7) is 6.43. The summed E-state index contributed by atoms with van der Waals surface area (Å²) < 4.78 is 8.44. The number of piperidine rings is 1. The molecule has 2 aromatic rings.